The van der Waals surface area contributed by atoms with Crippen molar-refractivity contribution in [3.05, 3.63) is 59.2 Å². The van der Waals surface area contributed by atoms with Crippen LogP contribution in [0, 0.1) is 12.8 Å². The minimum atomic E-state index is -1.00. The molecule has 6 nitrogen and oxygen atoms in total. The van der Waals surface area contributed by atoms with Gasteiger partial charge in [-0.05, 0) is 84.9 Å². The van der Waals surface area contributed by atoms with Gasteiger partial charge in [-0.25, -0.2) is 4.79 Å². The molecule has 4 rings (SSSR count). The summed E-state index contributed by atoms with van der Waals surface area (Å²) in [7, 11) is 0. The molecule has 1 aliphatic heterocycles. The third-order valence-corrected chi connectivity index (χ3v) is 9.78. The van der Waals surface area contributed by atoms with E-state index in [0.29, 0.717) is 35.8 Å². The predicted molar refractivity (Wildman–Crippen MR) is 185 cm³/mol. The van der Waals surface area contributed by atoms with Gasteiger partial charge in [0.05, 0.1) is 12.7 Å². The van der Waals surface area contributed by atoms with Gasteiger partial charge in [0, 0.05) is 24.7 Å². The average molecular weight is 625 g/mol. The van der Waals surface area contributed by atoms with Crippen molar-refractivity contribution in [2.45, 2.75) is 117 Å². The number of likely N-dealkylation sites (tertiary alicyclic amines) is 1. The maximum absolute atomic E-state index is 13.4. The molecular weight excluding hydrogens is 568 g/mol. The highest BCUT2D eigenvalue weighted by Crippen LogP contribution is 2.32. The molecule has 2 fully saturated rings. The number of rotatable bonds is 14. The summed E-state index contributed by atoms with van der Waals surface area (Å²) in [6, 6.07) is 13.6. The second-order valence-electron chi connectivity index (χ2n) is 12.5. The zero-order valence-electron chi connectivity index (χ0n) is 27.8. The quantitative estimate of drug-likeness (QED) is 0.220. The summed E-state index contributed by atoms with van der Waals surface area (Å²) in [6.45, 7) is 11.3. The lowest BCUT2D eigenvalue weighted by molar-refractivity contribution is -0.139. The Bertz CT molecular complexity index is 1160. The molecule has 3 unspecified atom stereocenters. The van der Waals surface area contributed by atoms with Crippen LogP contribution in [0.1, 0.15) is 106 Å². The maximum atomic E-state index is 13.4. The normalized spacial score (nSPS) is 19.7. The van der Waals surface area contributed by atoms with E-state index in [2.05, 4.69) is 37.1 Å². The number of unbranched alkanes of at least 4 members (excludes halogenated alkanes) is 1. The fourth-order valence-corrected chi connectivity index (χ4v) is 6.65. The van der Waals surface area contributed by atoms with Crippen LogP contribution >= 0.6 is 11.8 Å². The SMILES string of the molecule is CCC1CC(COC2CCCCC2)N(Cc2ccc(C(=O)NC(CCSC)C(=O)O)c(-c3ccccc3C)c2)C1.CCCC. The Labute approximate surface area is 270 Å². The number of carbonyl (C=O) groups excluding carboxylic acids is 1. The number of nitrogens with zero attached hydrogens (tertiary/aromatic N) is 1. The Morgan fingerprint density at radius 1 is 1.05 bits per heavy atom. The fraction of sp³-hybridized carbons (Fsp3) is 0.622. The average Bonchev–Trinajstić information content (AvgIpc) is 3.44. The summed E-state index contributed by atoms with van der Waals surface area (Å²) >= 11 is 1.57. The van der Waals surface area contributed by atoms with E-state index in [4.69, 9.17) is 4.74 Å². The van der Waals surface area contributed by atoms with Gasteiger partial charge in [0.1, 0.15) is 6.04 Å². The number of aliphatic carboxylic acids is 1. The van der Waals surface area contributed by atoms with Crippen molar-refractivity contribution in [2.24, 2.45) is 5.92 Å². The zero-order chi connectivity index (χ0) is 31.9. The zero-order valence-corrected chi connectivity index (χ0v) is 28.6. The third-order valence-electron chi connectivity index (χ3n) is 9.13. The van der Waals surface area contributed by atoms with Crippen LogP contribution in [0.15, 0.2) is 42.5 Å². The summed E-state index contributed by atoms with van der Waals surface area (Å²) < 4.78 is 6.43. The number of ether oxygens (including phenoxy) is 1. The summed E-state index contributed by atoms with van der Waals surface area (Å²) in [5.41, 5.74) is 4.60. The number of hydrogen-bond acceptors (Lipinski definition) is 5. The molecule has 1 saturated heterocycles. The van der Waals surface area contributed by atoms with E-state index in [0.717, 1.165) is 42.0 Å². The van der Waals surface area contributed by atoms with Gasteiger partial charge in [-0.15, -0.1) is 0 Å². The van der Waals surface area contributed by atoms with Crippen LogP contribution in [0.2, 0.25) is 0 Å². The molecule has 1 heterocycles. The molecule has 2 aromatic carbocycles. The largest absolute Gasteiger partial charge is 0.480 e. The molecule has 0 spiro atoms. The van der Waals surface area contributed by atoms with E-state index < -0.39 is 12.0 Å². The molecule has 0 bridgehead atoms. The van der Waals surface area contributed by atoms with E-state index in [1.807, 2.05) is 49.6 Å². The number of nitrogens with one attached hydrogen (secondary N) is 1. The number of carboxylic acids is 1. The molecular formula is C37H56N2O4S. The summed E-state index contributed by atoms with van der Waals surface area (Å²) in [5, 5.41) is 12.5. The van der Waals surface area contributed by atoms with Crippen LogP contribution in [0.25, 0.3) is 11.1 Å². The smallest absolute Gasteiger partial charge is 0.326 e. The first-order chi connectivity index (χ1) is 21.3. The van der Waals surface area contributed by atoms with Crippen molar-refractivity contribution in [3.63, 3.8) is 0 Å². The van der Waals surface area contributed by atoms with Gasteiger partial charge in [-0.1, -0.05) is 89.6 Å². The van der Waals surface area contributed by atoms with E-state index in [1.165, 1.54) is 57.8 Å². The van der Waals surface area contributed by atoms with Crippen LogP contribution in [-0.2, 0) is 16.1 Å². The van der Waals surface area contributed by atoms with Crippen LogP contribution < -0.4 is 5.32 Å². The first kappa shape index (κ1) is 36.1. The lowest BCUT2D eigenvalue weighted by Crippen LogP contribution is -2.41. The molecule has 3 atom stereocenters. The second-order valence-corrected chi connectivity index (χ2v) is 13.5. The molecule has 7 heteroatoms. The van der Waals surface area contributed by atoms with E-state index in [-0.39, 0.29) is 5.91 Å². The minimum absolute atomic E-state index is 0.343. The standard InChI is InChI=1S/C33H46N2O4S.C4H10/c1-4-24-18-26(22-39-27-11-6-5-7-12-27)35(20-24)21-25-14-15-29(30(19-25)28-13-9-8-10-23(28)2)32(36)34-31(33(37)38)16-17-40-3;1-3-4-2/h8-10,13-15,19,24,26-27,31H,4-7,11-12,16-18,20-22H2,1-3H3,(H,34,36)(H,37,38);3-4H2,1-2H3. The van der Waals surface area contributed by atoms with Gasteiger partial charge in [0.2, 0.25) is 0 Å². The van der Waals surface area contributed by atoms with Crippen molar-refractivity contribution in [1.29, 1.82) is 0 Å². The van der Waals surface area contributed by atoms with Gasteiger partial charge < -0.3 is 15.2 Å². The van der Waals surface area contributed by atoms with Gasteiger partial charge >= 0.3 is 5.97 Å². The van der Waals surface area contributed by atoms with Crippen molar-refractivity contribution in [1.82, 2.24) is 10.2 Å². The predicted octanol–water partition coefficient (Wildman–Crippen LogP) is 8.35. The minimum Gasteiger partial charge on any atom is -0.480 e. The van der Waals surface area contributed by atoms with Gasteiger partial charge in [0.15, 0.2) is 0 Å². The van der Waals surface area contributed by atoms with Crippen LogP contribution in [0.3, 0.4) is 0 Å². The number of benzene rings is 2. The molecule has 1 aliphatic carbocycles. The highest BCUT2D eigenvalue weighted by molar-refractivity contribution is 7.98. The lowest BCUT2D eigenvalue weighted by atomic mass is 9.93. The number of amides is 1. The number of carbonyl (C=O) groups is 2. The molecule has 0 radical (unpaired) electrons. The number of aryl methyl sites for hydroxylation is 1. The highest BCUT2D eigenvalue weighted by atomic mass is 32.2. The van der Waals surface area contributed by atoms with Gasteiger partial charge in [0.25, 0.3) is 5.91 Å². The molecule has 0 aromatic heterocycles. The van der Waals surface area contributed by atoms with E-state index in [9.17, 15) is 14.7 Å². The van der Waals surface area contributed by atoms with Crippen molar-refractivity contribution in [2.75, 3.05) is 25.2 Å². The maximum Gasteiger partial charge on any atom is 0.326 e. The first-order valence-electron chi connectivity index (χ1n) is 16.9. The first-order valence-corrected chi connectivity index (χ1v) is 18.3. The molecule has 244 valence electrons. The Morgan fingerprint density at radius 3 is 2.41 bits per heavy atom. The Balaban J connectivity index is 0.00000124. The molecule has 2 N–H and O–H groups in total. The summed E-state index contributed by atoms with van der Waals surface area (Å²) in [5.74, 6) is -0.00190. The van der Waals surface area contributed by atoms with Crippen LogP contribution in [0.4, 0.5) is 0 Å². The molecule has 1 saturated carbocycles. The van der Waals surface area contributed by atoms with Gasteiger partial charge in [-0.2, -0.15) is 11.8 Å². The Kier molecular flexibility index (Phi) is 15.8. The molecule has 44 heavy (non-hydrogen) atoms. The Morgan fingerprint density at radius 2 is 1.77 bits per heavy atom. The number of hydrogen-bond donors (Lipinski definition) is 2. The monoisotopic (exact) mass is 624 g/mol. The highest BCUT2D eigenvalue weighted by Gasteiger charge is 2.32. The summed E-state index contributed by atoms with van der Waals surface area (Å²) in [6.07, 6.45) is 14.0. The van der Waals surface area contributed by atoms with Crippen LogP contribution in [0.5, 0.6) is 0 Å². The molecule has 1 amide bonds. The van der Waals surface area contributed by atoms with Crippen molar-refractivity contribution < 1.29 is 19.4 Å². The van der Waals surface area contributed by atoms with Crippen molar-refractivity contribution in [3.8, 4) is 11.1 Å². The number of thioether (sulfide) groups is 1. The van der Waals surface area contributed by atoms with Crippen molar-refractivity contribution >= 4 is 23.6 Å². The Hall–Kier alpha value is -2.35. The van der Waals surface area contributed by atoms with E-state index >= 15 is 0 Å². The van der Waals surface area contributed by atoms with Crippen LogP contribution in [-0.4, -0.2) is 65.2 Å². The number of carboxylic acid groups (broad SMARTS) is 1. The molecule has 2 aromatic rings. The third kappa shape index (κ3) is 10.9. The topological polar surface area (TPSA) is 78.9 Å². The second kappa shape index (κ2) is 19.2. The van der Waals surface area contributed by atoms with E-state index in [1.54, 1.807) is 11.8 Å². The summed E-state index contributed by atoms with van der Waals surface area (Å²) in [4.78, 5) is 27.8. The molecule has 2 aliphatic rings. The fourth-order valence-electron chi connectivity index (χ4n) is 6.18. The van der Waals surface area contributed by atoms with Gasteiger partial charge in [-0.3, -0.25) is 9.69 Å². The lowest BCUT2D eigenvalue weighted by Gasteiger charge is -2.28.